The molecule has 0 saturated carbocycles. The Kier molecular flexibility index (Phi) is 6.95. The minimum atomic E-state index is -0.720. The zero-order chi connectivity index (χ0) is 24.4. The zero-order valence-electron chi connectivity index (χ0n) is 19.7. The zero-order valence-corrected chi connectivity index (χ0v) is 20.5. The van der Waals surface area contributed by atoms with E-state index in [1.54, 1.807) is 34.1 Å². The summed E-state index contributed by atoms with van der Waals surface area (Å²) in [6.45, 7) is 2.62. The molecule has 3 aliphatic heterocycles. The second-order valence-corrected chi connectivity index (χ2v) is 9.94. The van der Waals surface area contributed by atoms with Crippen LogP contribution in [0.2, 0.25) is 5.02 Å². The molecule has 0 aliphatic carbocycles. The van der Waals surface area contributed by atoms with Crippen LogP contribution in [0.1, 0.15) is 42.5 Å². The van der Waals surface area contributed by atoms with E-state index in [0.29, 0.717) is 41.5 Å². The van der Waals surface area contributed by atoms with Gasteiger partial charge >= 0.3 is 0 Å². The van der Waals surface area contributed by atoms with E-state index in [-0.39, 0.29) is 30.2 Å². The lowest BCUT2D eigenvalue weighted by Gasteiger charge is -2.40. The first-order valence-corrected chi connectivity index (χ1v) is 12.8. The summed E-state index contributed by atoms with van der Waals surface area (Å²) in [5, 5.41) is 0.577. The van der Waals surface area contributed by atoms with Crippen LogP contribution in [-0.2, 0) is 9.59 Å². The fourth-order valence-corrected chi connectivity index (χ4v) is 5.37. The number of carbonyl (C=O) groups excluding carboxylic acids is 3. The maximum absolute atomic E-state index is 13.8. The van der Waals surface area contributed by atoms with Gasteiger partial charge in [0.05, 0.1) is 18.2 Å². The molecule has 2 atom stereocenters. The Bertz CT molecular complexity index is 1100. The van der Waals surface area contributed by atoms with Crippen LogP contribution >= 0.6 is 11.6 Å². The van der Waals surface area contributed by atoms with Gasteiger partial charge in [0.1, 0.15) is 5.75 Å². The van der Waals surface area contributed by atoms with Gasteiger partial charge in [-0.05, 0) is 68.5 Å². The van der Waals surface area contributed by atoms with Crippen molar-refractivity contribution in [3.05, 3.63) is 59.1 Å². The summed E-state index contributed by atoms with van der Waals surface area (Å²) >= 11 is 5.97. The number of likely N-dealkylation sites (tertiary alicyclic amines) is 2. The summed E-state index contributed by atoms with van der Waals surface area (Å²) in [5.74, 6) is -0.00468. The molecule has 3 amide bonds. The highest BCUT2D eigenvalue weighted by molar-refractivity contribution is 6.30. The van der Waals surface area contributed by atoms with Crippen LogP contribution in [-0.4, -0.2) is 66.3 Å². The number of fused-ring (bicyclic) bond motifs is 1. The Morgan fingerprint density at radius 3 is 2.29 bits per heavy atom. The van der Waals surface area contributed by atoms with Gasteiger partial charge in [-0.1, -0.05) is 23.7 Å². The molecule has 0 N–H and O–H groups in total. The first-order chi connectivity index (χ1) is 17.0. The molecule has 184 valence electrons. The average Bonchev–Trinajstić information content (AvgIpc) is 2.92. The summed E-state index contributed by atoms with van der Waals surface area (Å²) in [7, 11) is 0. The van der Waals surface area contributed by atoms with Crippen LogP contribution in [0.25, 0.3) is 0 Å². The molecule has 8 heteroatoms. The lowest BCUT2D eigenvalue weighted by atomic mass is 9.95. The van der Waals surface area contributed by atoms with Crippen LogP contribution in [0.3, 0.4) is 0 Å². The van der Waals surface area contributed by atoms with Crippen molar-refractivity contribution >= 4 is 35.0 Å². The number of para-hydroxylation sites is 2. The van der Waals surface area contributed by atoms with Gasteiger partial charge < -0.3 is 19.4 Å². The normalized spacial score (nSPS) is 22.3. The van der Waals surface area contributed by atoms with Crippen molar-refractivity contribution in [3.8, 4) is 5.75 Å². The van der Waals surface area contributed by atoms with Crippen molar-refractivity contribution in [3.63, 3.8) is 0 Å². The highest BCUT2D eigenvalue weighted by Gasteiger charge is 2.39. The fourth-order valence-electron chi connectivity index (χ4n) is 5.25. The van der Waals surface area contributed by atoms with E-state index in [1.165, 1.54) is 0 Å². The molecule has 5 rings (SSSR count). The molecule has 35 heavy (non-hydrogen) atoms. The summed E-state index contributed by atoms with van der Waals surface area (Å²) in [6.07, 6.45) is 3.86. The monoisotopic (exact) mass is 495 g/mol. The smallest absolute Gasteiger partial charge is 0.265 e. The van der Waals surface area contributed by atoms with Crippen LogP contribution in [0.5, 0.6) is 5.75 Å². The largest absolute Gasteiger partial charge is 0.476 e. The van der Waals surface area contributed by atoms with Gasteiger partial charge in [-0.15, -0.1) is 0 Å². The van der Waals surface area contributed by atoms with Crippen LogP contribution in [0.15, 0.2) is 48.5 Å². The third-order valence-electron chi connectivity index (χ3n) is 7.13. The highest BCUT2D eigenvalue weighted by atomic mass is 35.5. The van der Waals surface area contributed by atoms with E-state index < -0.39 is 6.10 Å². The number of rotatable bonds is 3. The van der Waals surface area contributed by atoms with E-state index in [4.69, 9.17) is 16.3 Å². The maximum Gasteiger partial charge on any atom is 0.265 e. The number of carbonyl (C=O) groups is 3. The van der Waals surface area contributed by atoms with Crippen molar-refractivity contribution < 1.29 is 19.1 Å². The summed E-state index contributed by atoms with van der Waals surface area (Å²) in [6, 6.07) is 14.2. The van der Waals surface area contributed by atoms with Gasteiger partial charge in [0, 0.05) is 36.8 Å². The Labute approximate surface area is 210 Å². The fraction of sp³-hybridized carbons (Fsp3) is 0.444. The van der Waals surface area contributed by atoms with Crippen LogP contribution in [0, 0.1) is 5.92 Å². The van der Waals surface area contributed by atoms with Gasteiger partial charge in [-0.25, -0.2) is 0 Å². The van der Waals surface area contributed by atoms with E-state index in [0.717, 1.165) is 38.8 Å². The highest BCUT2D eigenvalue weighted by Crippen LogP contribution is 2.35. The van der Waals surface area contributed by atoms with E-state index in [9.17, 15) is 14.4 Å². The maximum atomic E-state index is 13.8. The average molecular weight is 496 g/mol. The number of benzene rings is 2. The van der Waals surface area contributed by atoms with E-state index in [1.807, 2.05) is 29.2 Å². The number of nitrogens with zero attached hydrogens (tertiary/aromatic N) is 3. The minimum Gasteiger partial charge on any atom is -0.476 e. The Morgan fingerprint density at radius 2 is 1.51 bits per heavy atom. The summed E-state index contributed by atoms with van der Waals surface area (Å²) < 4.78 is 6.08. The standard InChI is InChI=1S/C27H30ClN3O4/c28-21-12-10-19(11-13-21)25(32)30-16-6-7-20(17-30)26(33)31-18-24(27(34)29-14-4-1-5-15-29)35-23-9-3-2-8-22(23)31/h2-3,8-13,20,24H,1,4-7,14-18H2/t20-,24-/m1/s1. The van der Waals surface area contributed by atoms with Gasteiger partial charge in [0.15, 0.2) is 6.10 Å². The molecule has 2 fully saturated rings. The summed E-state index contributed by atoms with van der Waals surface area (Å²) in [4.78, 5) is 45.4. The predicted octanol–water partition coefficient (Wildman–Crippen LogP) is 4.00. The Balaban J connectivity index is 1.33. The van der Waals surface area contributed by atoms with Crippen molar-refractivity contribution in [2.24, 2.45) is 5.92 Å². The van der Waals surface area contributed by atoms with E-state index >= 15 is 0 Å². The molecule has 7 nitrogen and oxygen atoms in total. The van der Waals surface area contributed by atoms with Crippen LogP contribution < -0.4 is 9.64 Å². The van der Waals surface area contributed by atoms with Crippen LogP contribution in [0.4, 0.5) is 5.69 Å². The van der Waals surface area contributed by atoms with Crippen molar-refractivity contribution in [2.45, 2.75) is 38.2 Å². The topological polar surface area (TPSA) is 70.2 Å². The number of hydrogen-bond acceptors (Lipinski definition) is 4. The molecular weight excluding hydrogens is 466 g/mol. The SMILES string of the molecule is O=C(c1ccc(Cl)cc1)N1CCC[C@@H](C(=O)N2C[C@H](C(=O)N3CCCCC3)Oc3ccccc32)C1. The number of halogens is 1. The predicted molar refractivity (Wildman–Crippen MR) is 134 cm³/mol. The molecule has 0 aromatic heterocycles. The molecular formula is C27H30ClN3O4. The molecule has 0 bridgehead atoms. The lowest BCUT2D eigenvalue weighted by Crippen LogP contribution is -2.55. The molecule has 2 aromatic carbocycles. The second kappa shape index (κ2) is 10.3. The molecule has 3 heterocycles. The second-order valence-electron chi connectivity index (χ2n) is 9.51. The number of amides is 3. The number of piperidine rings is 2. The van der Waals surface area contributed by atoms with Crippen molar-refractivity contribution in [2.75, 3.05) is 37.6 Å². The third kappa shape index (κ3) is 5.01. The molecule has 0 radical (unpaired) electrons. The molecule has 0 spiro atoms. The van der Waals surface area contributed by atoms with Crippen molar-refractivity contribution in [1.82, 2.24) is 9.80 Å². The Hall–Kier alpha value is -3.06. The number of ether oxygens (including phenoxy) is 1. The number of hydrogen-bond donors (Lipinski definition) is 0. The minimum absolute atomic E-state index is 0.0554. The first-order valence-electron chi connectivity index (χ1n) is 12.4. The van der Waals surface area contributed by atoms with Crippen molar-refractivity contribution in [1.29, 1.82) is 0 Å². The quantitative estimate of drug-likeness (QED) is 0.645. The molecule has 3 aliphatic rings. The Morgan fingerprint density at radius 1 is 0.800 bits per heavy atom. The van der Waals surface area contributed by atoms with Gasteiger partial charge in [-0.3, -0.25) is 14.4 Å². The first kappa shape index (κ1) is 23.7. The number of anilines is 1. The van der Waals surface area contributed by atoms with E-state index in [2.05, 4.69) is 0 Å². The summed E-state index contributed by atoms with van der Waals surface area (Å²) in [5.41, 5.74) is 1.24. The molecule has 2 saturated heterocycles. The van der Waals surface area contributed by atoms with Gasteiger partial charge in [-0.2, -0.15) is 0 Å². The lowest BCUT2D eigenvalue weighted by molar-refractivity contribution is -0.139. The van der Waals surface area contributed by atoms with Gasteiger partial charge in [0.2, 0.25) is 5.91 Å². The third-order valence-corrected chi connectivity index (χ3v) is 7.38. The molecule has 0 unspecified atom stereocenters. The van der Waals surface area contributed by atoms with Gasteiger partial charge in [0.25, 0.3) is 11.8 Å². The molecule has 2 aromatic rings.